The molecule has 4 heteroatoms. The summed E-state index contributed by atoms with van der Waals surface area (Å²) in [6.45, 7) is 8.83. The van der Waals surface area contributed by atoms with E-state index in [0.717, 1.165) is 16.5 Å². The minimum absolute atomic E-state index is 0.167. The summed E-state index contributed by atoms with van der Waals surface area (Å²) in [5, 5.41) is 0. The number of amides is 2. The molecule has 102 valence electrons. The molecule has 19 heavy (non-hydrogen) atoms. The summed E-state index contributed by atoms with van der Waals surface area (Å²) in [4.78, 5) is 24.8. The fourth-order valence-electron chi connectivity index (χ4n) is 1.43. The van der Waals surface area contributed by atoms with Gasteiger partial charge in [-0.1, -0.05) is 36.9 Å². The minimum atomic E-state index is -0.666. The largest absolute Gasteiger partial charge is 0.443 e. The zero-order chi connectivity index (χ0) is 14.5. The molecule has 2 amide bonds. The van der Waals surface area contributed by atoms with Crippen molar-refractivity contribution in [3.05, 3.63) is 48.6 Å². The van der Waals surface area contributed by atoms with Gasteiger partial charge < -0.3 is 4.74 Å². The average Bonchev–Trinajstić information content (AvgIpc) is 2.34. The van der Waals surface area contributed by atoms with Gasteiger partial charge in [0.2, 0.25) is 0 Å². The van der Waals surface area contributed by atoms with Crippen LogP contribution in [0.4, 0.5) is 4.79 Å². The number of hydrogen-bond acceptors (Lipinski definition) is 3. The average molecular weight is 261 g/mol. The third kappa shape index (κ3) is 4.95. The van der Waals surface area contributed by atoms with E-state index in [1.165, 1.54) is 0 Å². The van der Waals surface area contributed by atoms with Gasteiger partial charge in [-0.3, -0.25) is 4.79 Å². The monoisotopic (exact) mass is 261 g/mol. The zero-order valence-corrected chi connectivity index (χ0v) is 11.6. The zero-order valence-electron chi connectivity index (χ0n) is 11.6. The SMILES string of the molecule is C=CC(=O)N(Cc1ccccc1)C(=O)OC(C)(C)C. The molecule has 4 nitrogen and oxygen atoms in total. The van der Waals surface area contributed by atoms with Crippen LogP contribution in [0, 0.1) is 0 Å². The lowest BCUT2D eigenvalue weighted by Gasteiger charge is -2.25. The van der Waals surface area contributed by atoms with Crippen LogP contribution in [0.1, 0.15) is 26.3 Å². The lowest BCUT2D eigenvalue weighted by atomic mass is 10.2. The van der Waals surface area contributed by atoms with Gasteiger partial charge in [-0.15, -0.1) is 0 Å². The molecule has 1 aromatic rings. The van der Waals surface area contributed by atoms with E-state index in [9.17, 15) is 9.59 Å². The second kappa shape index (κ2) is 6.18. The van der Waals surface area contributed by atoms with Crippen LogP contribution in [0.2, 0.25) is 0 Å². The summed E-state index contributed by atoms with van der Waals surface area (Å²) in [6.07, 6.45) is 0.439. The first kappa shape index (κ1) is 15.0. The maximum atomic E-state index is 12.0. The van der Waals surface area contributed by atoms with Crippen LogP contribution in [0.25, 0.3) is 0 Å². The van der Waals surface area contributed by atoms with E-state index in [0.29, 0.717) is 0 Å². The van der Waals surface area contributed by atoms with E-state index >= 15 is 0 Å². The van der Waals surface area contributed by atoms with Crippen LogP contribution in [0.5, 0.6) is 0 Å². The number of carbonyl (C=O) groups is 2. The minimum Gasteiger partial charge on any atom is -0.443 e. The third-order valence-electron chi connectivity index (χ3n) is 2.24. The van der Waals surface area contributed by atoms with Gasteiger partial charge in [-0.05, 0) is 32.4 Å². The lowest BCUT2D eigenvalue weighted by molar-refractivity contribution is -0.125. The highest BCUT2D eigenvalue weighted by Crippen LogP contribution is 2.13. The van der Waals surface area contributed by atoms with Crippen LogP contribution < -0.4 is 0 Å². The van der Waals surface area contributed by atoms with Gasteiger partial charge in [-0.2, -0.15) is 0 Å². The van der Waals surface area contributed by atoms with Crippen LogP contribution in [0.3, 0.4) is 0 Å². The van der Waals surface area contributed by atoms with Crippen molar-refractivity contribution in [2.45, 2.75) is 32.9 Å². The quantitative estimate of drug-likeness (QED) is 0.785. The van der Waals surface area contributed by atoms with Crippen LogP contribution in [0.15, 0.2) is 43.0 Å². The number of benzene rings is 1. The number of rotatable bonds is 3. The molecular formula is C15H19NO3. The highest BCUT2D eigenvalue weighted by molar-refractivity contribution is 5.98. The van der Waals surface area contributed by atoms with Crippen molar-refractivity contribution in [1.82, 2.24) is 4.90 Å². The Morgan fingerprint density at radius 2 is 1.84 bits per heavy atom. The molecule has 0 fully saturated rings. The molecular weight excluding hydrogens is 242 g/mol. The van der Waals surface area contributed by atoms with Gasteiger partial charge in [-0.25, -0.2) is 9.69 Å². The predicted octanol–water partition coefficient (Wildman–Crippen LogP) is 3.14. The van der Waals surface area contributed by atoms with Gasteiger partial charge in [0.25, 0.3) is 5.91 Å². The predicted molar refractivity (Wildman–Crippen MR) is 73.4 cm³/mol. The Bertz CT molecular complexity index is 460. The summed E-state index contributed by atoms with van der Waals surface area (Å²) in [7, 11) is 0. The highest BCUT2D eigenvalue weighted by atomic mass is 16.6. The number of ether oxygens (including phenoxy) is 1. The molecule has 0 spiro atoms. The Labute approximate surface area is 113 Å². The van der Waals surface area contributed by atoms with E-state index in [1.807, 2.05) is 30.3 Å². The van der Waals surface area contributed by atoms with Crippen molar-refractivity contribution >= 4 is 12.0 Å². The Balaban J connectivity index is 2.87. The summed E-state index contributed by atoms with van der Waals surface area (Å²) in [6, 6.07) is 9.25. The van der Waals surface area contributed by atoms with E-state index in [1.54, 1.807) is 20.8 Å². The maximum Gasteiger partial charge on any atom is 0.417 e. The molecule has 0 bridgehead atoms. The Kier molecular flexibility index (Phi) is 4.87. The molecule has 0 aliphatic rings. The first-order chi connectivity index (χ1) is 8.83. The first-order valence-electron chi connectivity index (χ1n) is 6.04. The third-order valence-corrected chi connectivity index (χ3v) is 2.24. The topological polar surface area (TPSA) is 46.6 Å². The summed E-state index contributed by atoms with van der Waals surface area (Å²) >= 11 is 0. The van der Waals surface area contributed by atoms with E-state index in [2.05, 4.69) is 6.58 Å². The standard InChI is InChI=1S/C15H19NO3/c1-5-13(17)16(14(18)19-15(2,3)4)11-12-9-7-6-8-10-12/h5-10H,1,11H2,2-4H3. The molecule has 0 N–H and O–H groups in total. The normalized spacial score (nSPS) is 10.7. The van der Waals surface area contributed by atoms with Gasteiger partial charge in [0, 0.05) is 0 Å². The molecule has 0 radical (unpaired) electrons. The summed E-state index contributed by atoms with van der Waals surface area (Å²) in [5.41, 5.74) is 0.205. The van der Waals surface area contributed by atoms with Crippen LogP contribution >= 0.6 is 0 Å². The van der Waals surface area contributed by atoms with Crippen LogP contribution in [-0.4, -0.2) is 22.5 Å². The summed E-state index contributed by atoms with van der Waals surface area (Å²) in [5.74, 6) is -0.474. The molecule has 0 atom stereocenters. The first-order valence-corrected chi connectivity index (χ1v) is 6.04. The number of carbonyl (C=O) groups excluding carboxylic acids is 2. The van der Waals surface area contributed by atoms with Gasteiger partial charge in [0.05, 0.1) is 6.54 Å². The van der Waals surface area contributed by atoms with Gasteiger partial charge in [0.1, 0.15) is 5.60 Å². The molecule has 1 rings (SSSR count). The fourth-order valence-corrected chi connectivity index (χ4v) is 1.43. The smallest absolute Gasteiger partial charge is 0.417 e. The molecule has 0 saturated heterocycles. The number of imide groups is 1. The molecule has 0 aliphatic heterocycles. The molecule has 0 saturated carbocycles. The molecule has 0 aliphatic carbocycles. The van der Waals surface area contributed by atoms with Crippen molar-refractivity contribution in [2.75, 3.05) is 0 Å². The van der Waals surface area contributed by atoms with E-state index in [-0.39, 0.29) is 6.54 Å². The Morgan fingerprint density at radius 1 is 1.26 bits per heavy atom. The second-order valence-corrected chi connectivity index (χ2v) is 5.09. The number of nitrogens with zero attached hydrogens (tertiary/aromatic N) is 1. The molecule has 0 heterocycles. The number of hydrogen-bond donors (Lipinski definition) is 0. The fraction of sp³-hybridized carbons (Fsp3) is 0.333. The van der Waals surface area contributed by atoms with Crippen molar-refractivity contribution < 1.29 is 14.3 Å². The van der Waals surface area contributed by atoms with Crippen molar-refractivity contribution in [2.24, 2.45) is 0 Å². The van der Waals surface area contributed by atoms with E-state index in [4.69, 9.17) is 4.74 Å². The Hall–Kier alpha value is -2.10. The molecule has 0 unspecified atom stereocenters. The lowest BCUT2D eigenvalue weighted by Crippen LogP contribution is -2.39. The van der Waals surface area contributed by atoms with Crippen LogP contribution in [-0.2, 0) is 16.1 Å². The van der Waals surface area contributed by atoms with Crippen molar-refractivity contribution in [3.8, 4) is 0 Å². The Morgan fingerprint density at radius 3 is 2.32 bits per heavy atom. The maximum absolute atomic E-state index is 12.0. The summed E-state index contributed by atoms with van der Waals surface area (Å²) < 4.78 is 5.21. The van der Waals surface area contributed by atoms with Crippen molar-refractivity contribution in [3.63, 3.8) is 0 Å². The van der Waals surface area contributed by atoms with Crippen molar-refractivity contribution in [1.29, 1.82) is 0 Å². The second-order valence-electron chi connectivity index (χ2n) is 5.09. The molecule has 1 aromatic carbocycles. The van der Waals surface area contributed by atoms with Gasteiger partial charge in [0.15, 0.2) is 0 Å². The van der Waals surface area contributed by atoms with Gasteiger partial charge >= 0.3 is 6.09 Å². The van der Waals surface area contributed by atoms with E-state index < -0.39 is 17.6 Å². The molecule has 0 aromatic heterocycles. The highest BCUT2D eigenvalue weighted by Gasteiger charge is 2.25.